The monoisotopic (exact) mass is 542 g/mol. The molecule has 0 saturated heterocycles. The molecule has 1 aliphatic heterocycles. The molecule has 38 heavy (non-hydrogen) atoms. The van der Waals surface area contributed by atoms with E-state index in [0.29, 0.717) is 38.3 Å². The third-order valence-corrected chi connectivity index (χ3v) is 7.65. The quantitative estimate of drug-likeness (QED) is 0.310. The number of aryl methyl sites for hydroxylation is 2. The number of para-hydroxylation sites is 1. The normalized spacial score (nSPS) is 15.0. The van der Waals surface area contributed by atoms with Crippen LogP contribution in [0.15, 0.2) is 94.7 Å². The second kappa shape index (κ2) is 12.0. The van der Waals surface area contributed by atoms with Crippen LogP contribution in [-0.4, -0.2) is 17.6 Å². The Labute approximate surface area is 231 Å². The van der Waals surface area contributed by atoms with E-state index in [4.69, 9.17) is 11.6 Å². The first kappa shape index (κ1) is 27.1. The number of benzene rings is 3. The third kappa shape index (κ3) is 6.10. The summed E-state index contributed by atoms with van der Waals surface area (Å²) < 4.78 is 0. The minimum Gasteiger partial charge on any atom is -0.353 e. The Morgan fingerprint density at radius 3 is 2.37 bits per heavy atom. The maximum atomic E-state index is 13.6. The van der Waals surface area contributed by atoms with Crippen LogP contribution in [0.3, 0.4) is 0 Å². The largest absolute Gasteiger partial charge is 0.353 e. The standard InChI is InChI=1S/C30H27ClN4O2S/c1-18-13-14-22(15-24(18)31)34-26(36)17-38-30-23(16-32)28(21-10-5-4-6-11-21)27(20(3)33-30)29(37)35-25-12-8-7-9-19(25)2/h4-15,28,33H,17H2,1-3H3,(H,34,36)(H,35,37)/t28-/m0/s1. The Balaban J connectivity index is 1.61. The van der Waals surface area contributed by atoms with Gasteiger partial charge >= 0.3 is 0 Å². The van der Waals surface area contributed by atoms with Gasteiger partial charge in [-0.05, 0) is 55.7 Å². The number of allylic oxidation sites excluding steroid dienone is 2. The molecule has 2 amide bonds. The number of nitrogens with one attached hydrogen (secondary N) is 3. The third-order valence-electron chi connectivity index (χ3n) is 6.22. The lowest BCUT2D eigenvalue weighted by Crippen LogP contribution is -2.31. The number of dihydropyridines is 1. The number of thioether (sulfide) groups is 1. The van der Waals surface area contributed by atoms with Gasteiger partial charge in [0.1, 0.15) is 0 Å². The average molecular weight is 543 g/mol. The van der Waals surface area contributed by atoms with E-state index >= 15 is 0 Å². The van der Waals surface area contributed by atoms with Gasteiger partial charge in [-0.25, -0.2) is 0 Å². The molecule has 0 radical (unpaired) electrons. The van der Waals surface area contributed by atoms with Crippen LogP contribution in [-0.2, 0) is 9.59 Å². The minimum atomic E-state index is -0.590. The number of halogens is 1. The van der Waals surface area contributed by atoms with Crippen LogP contribution in [0.5, 0.6) is 0 Å². The smallest absolute Gasteiger partial charge is 0.254 e. The van der Waals surface area contributed by atoms with Crippen molar-refractivity contribution in [3.05, 3.63) is 116 Å². The summed E-state index contributed by atoms with van der Waals surface area (Å²) in [6.07, 6.45) is 0. The minimum absolute atomic E-state index is 0.0680. The summed E-state index contributed by atoms with van der Waals surface area (Å²) in [6, 6.07) is 24.6. The average Bonchev–Trinajstić information content (AvgIpc) is 2.91. The van der Waals surface area contributed by atoms with Crippen LogP contribution in [0.4, 0.5) is 11.4 Å². The van der Waals surface area contributed by atoms with Crippen LogP contribution in [0.1, 0.15) is 29.5 Å². The van der Waals surface area contributed by atoms with Crippen LogP contribution in [0.25, 0.3) is 0 Å². The Morgan fingerprint density at radius 2 is 1.68 bits per heavy atom. The molecule has 4 rings (SSSR count). The molecule has 3 aromatic rings. The van der Waals surface area contributed by atoms with Crippen LogP contribution < -0.4 is 16.0 Å². The van der Waals surface area contributed by atoms with Crippen LogP contribution in [0.2, 0.25) is 5.02 Å². The molecule has 0 unspecified atom stereocenters. The van der Waals surface area contributed by atoms with Crippen LogP contribution in [0, 0.1) is 25.2 Å². The SMILES string of the molecule is CC1=C(C(=O)Nc2ccccc2C)[C@@H](c2ccccc2)C(C#N)=C(SCC(=O)Nc2ccc(C)c(Cl)c2)N1. The molecule has 6 nitrogen and oxygen atoms in total. The zero-order chi connectivity index (χ0) is 27.2. The van der Waals surface area contributed by atoms with E-state index in [2.05, 4.69) is 22.0 Å². The molecule has 0 bridgehead atoms. The van der Waals surface area contributed by atoms with Gasteiger partial charge in [0.15, 0.2) is 0 Å². The summed E-state index contributed by atoms with van der Waals surface area (Å²) in [4.78, 5) is 26.3. The molecule has 0 spiro atoms. The van der Waals surface area contributed by atoms with Gasteiger partial charge in [0.05, 0.1) is 28.3 Å². The highest BCUT2D eigenvalue weighted by molar-refractivity contribution is 8.03. The number of anilines is 2. The number of nitrogens with zero attached hydrogens (tertiary/aromatic N) is 1. The van der Waals surface area contributed by atoms with E-state index in [9.17, 15) is 14.9 Å². The highest BCUT2D eigenvalue weighted by atomic mass is 35.5. The summed E-state index contributed by atoms with van der Waals surface area (Å²) in [5.74, 6) is -1.04. The van der Waals surface area contributed by atoms with Gasteiger partial charge in [-0.3, -0.25) is 9.59 Å². The molecular formula is C30H27ClN4O2S. The Hall–Kier alpha value is -3.99. The molecule has 8 heteroatoms. The number of hydrogen-bond donors (Lipinski definition) is 3. The van der Waals surface area contributed by atoms with E-state index in [1.807, 2.05) is 81.4 Å². The van der Waals surface area contributed by atoms with E-state index in [0.717, 1.165) is 16.7 Å². The van der Waals surface area contributed by atoms with Gasteiger partial charge in [0, 0.05) is 27.7 Å². The molecular weight excluding hydrogens is 516 g/mol. The summed E-state index contributed by atoms with van der Waals surface area (Å²) in [5, 5.41) is 20.4. The van der Waals surface area contributed by atoms with Crippen molar-refractivity contribution in [1.82, 2.24) is 5.32 Å². The highest BCUT2D eigenvalue weighted by Gasteiger charge is 2.35. The van der Waals surface area contributed by atoms with Crippen molar-refractivity contribution in [2.24, 2.45) is 0 Å². The van der Waals surface area contributed by atoms with E-state index < -0.39 is 5.92 Å². The van der Waals surface area contributed by atoms with E-state index in [1.54, 1.807) is 12.1 Å². The number of rotatable bonds is 7. The fourth-order valence-corrected chi connectivity index (χ4v) is 5.29. The van der Waals surface area contributed by atoms with Gasteiger partial charge in [-0.15, -0.1) is 0 Å². The summed E-state index contributed by atoms with van der Waals surface area (Å²) in [6.45, 7) is 5.63. The number of nitriles is 1. The maximum absolute atomic E-state index is 13.6. The first-order chi connectivity index (χ1) is 18.3. The van der Waals surface area contributed by atoms with Crippen molar-refractivity contribution in [2.45, 2.75) is 26.7 Å². The lowest BCUT2D eigenvalue weighted by atomic mass is 9.82. The van der Waals surface area contributed by atoms with Gasteiger partial charge in [-0.1, -0.05) is 78.0 Å². The first-order valence-corrected chi connectivity index (χ1v) is 13.4. The molecule has 0 aromatic heterocycles. The molecule has 0 aliphatic carbocycles. The van der Waals surface area contributed by atoms with Crippen LogP contribution >= 0.6 is 23.4 Å². The topological polar surface area (TPSA) is 94.0 Å². The first-order valence-electron chi connectivity index (χ1n) is 12.0. The van der Waals surface area contributed by atoms with Gasteiger partial charge in [0.2, 0.25) is 5.91 Å². The number of carbonyl (C=O) groups excluding carboxylic acids is 2. The fourth-order valence-electron chi connectivity index (χ4n) is 4.21. The van der Waals surface area contributed by atoms with E-state index in [1.165, 1.54) is 11.8 Å². The van der Waals surface area contributed by atoms with Crippen molar-refractivity contribution in [3.63, 3.8) is 0 Å². The van der Waals surface area contributed by atoms with Crippen molar-refractivity contribution in [2.75, 3.05) is 16.4 Å². The Kier molecular flexibility index (Phi) is 8.57. The predicted octanol–water partition coefficient (Wildman–Crippen LogP) is 6.66. The number of hydrogen-bond acceptors (Lipinski definition) is 5. The predicted molar refractivity (Wildman–Crippen MR) is 155 cm³/mol. The van der Waals surface area contributed by atoms with E-state index in [-0.39, 0.29) is 17.6 Å². The maximum Gasteiger partial charge on any atom is 0.254 e. The molecule has 1 heterocycles. The lowest BCUT2D eigenvalue weighted by Gasteiger charge is -2.30. The number of amides is 2. The summed E-state index contributed by atoms with van der Waals surface area (Å²) >= 11 is 7.40. The number of carbonyl (C=O) groups is 2. The zero-order valence-corrected chi connectivity index (χ0v) is 22.8. The van der Waals surface area contributed by atoms with Crippen molar-refractivity contribution in [3.8, 4) is 6.07 Å². The highest BCUT2D eigenvalue weighted by Crippen LogP contribution is 2.41. The second-order valence-corrected chi connectivity index (χ2v) is 10.3. The van der Waals surface area contributed by atoms with Gasteiger partial charge < -0.3 is 16.0 Å². The zero-order valence-electron chi connectivity index (χ0n) is 21.3. The summed E-state index contributed by atoms with van der Waals surface area (Å²) in [7, 11) is 0. The fraction of sp³-hybridized carbons (Fsp3) is 0.167. The molecule has 3 N–H and O–H groups in total. The molecule has 192 valence electrons. The molecule has 0 fully saturated rings. The lowest BCUT2D eigenvalue weighted by molar-refractivity contribution is -0.114. The molecule has 0 saturated carbocycles. The Bertz CT molecular complexity index is 1490. The van der Waals surface area contributed by atoms with Gasteiger partial charge in [-0.2, -0.15) is 5.26 Å². The molecule has 3 aromatic carbocycles. The Morgan fingerprint density at radius 1 is 0.974 bits per heavy atom. The molecule has 1 atom stereocenters. The second-order valence-electron chi connectivity index (χ2n) is 8.93. The van der Waals surface area contributed by atoms with Crippen molar-refractivity contribution < 1.29 is 9.59 Å². The van der Waals surface area contributed by atoms with Crippen molar-refractivity contribution in [1.29, 1.82) is 5.26 Å². The van der Waals surface area contributed by atoms with Crippen molar-refractivity contribution >= 4 is 46.6 Å². The molecule has 1 aliphatic rings. The summed E-state index contributed by atoms with van der Waals surface area (Å²) in [5.41, 5.74) is 5.45. The van der Waals surface area contributed by atoms with Gasteiger partial charge in [0.25, 0.3) is 5.91 Å².